The van der Waals surface area contributed by atoms with Gasteiger partial charge < -0.3 is 19.6 Å². The number of benzene rings is 1. The zero-order valence-corrected chi connectivity index (χ0v) is 16.9. The number of hydrogen-bond acceptors (Lipinski definition) is 5. The fourth-order valence-electron chi connectivity index (χ4n) is 3.62. The molecule has 0 radical (unpaired) electrons. The molecule has 0 unspecified atom stereocenters. The molecule has 1 heterocycles. The molecule has 1 aromatic heterocycles. The summed E-state index contributed by atoms with van der Waals surface area (Å²) >= 11 is 0. The minimum Gasteiger partial charge on any atom is -0.494 e. The van der Waals surface area contributed by atoms with Crippen LogP contribution in [-0.2, 0) is 0 Å². The number of hydrogen-bond donors (Lipinski definition) is 1. The Labute approximate surface area is 166 Å². The van der Waals surface area contributed by atoms with Crippen molar-refractivity contribution in [1.82, 2.24) is 9.88 Å². The average molecular weight is 383 g/mol. The third kappa shape index (κ3) is 4.74. The fourth-order valence-corrected chi connectivity index (χ4v) is 3.62. The van der Waals surface area contributed by atoms with Crippen molar-refractivity contribution in [3.8, 4) is 17.4 Å². The standard InChI is InChI=1S/C22H29N3O3/c1-4-27-18-11-13-19(14-12-18)28-22-20(15-10-16(2)23-22)21(24-26)25(3)17-8-6-5-7-9-17/h10-15,17,26H,4-9H2,1-3H3/b24-21-. The number of rotatable bonds is 6. The molecule has 150 valence electrons. The molecule has 1 aromatic carbocycles. The monoisotopic (exact) mass is 383 g/mol. The molecule has 6 heteroatoms. The minimum atomic E-state index is 0.360. The van der Waals surface area contributed by atoms with Crippen LogP contribution in [0.4, 0.5) is 0 Å². The van der Waals surface area contributed by atoms with Crippen molar-refractivity contribution in [3.05, 3.63) is 47.7 Å². The van der Waals surface area contributed by atoms with Crippen molar-refractivity contribution in [2.45, 2.75) is 52.0 Å². The zero-order valence-electron chi connectivity index (χ0n) is 16.9. The normalized spacial score (nSPS) is 15.3. The number of nitrogens with zero attached hydrogens (tertiary/aromatic N) is 3. The average Bonchev–Trinajstić information content (AvgIpc) is 2.72. The molecular formula is C22H29N3O3. The molecular weight excluding hydrogens is 354 g/mol. The Bertz CT molecular complexity index is 799. The molecule has 0 amide bonds. The fraction of sp³-hybridized carbons (Fsp3) is 0.455. The summed E-state index contributed by atoms with van der Waals surface area (Å²) < 4.78 is 11.5. The van der Waals surface area contributed by atoms with Gasteiger partial charge in [0, 0.05) is 18.8 Å². The van der Waals surface area contributed by atoms with Crippen LogP contribution in [0, 0.1) is 6.92 Å². The van der Waals surface area contributed by atoms with E-state index in [2.05, 4.69) is 15.0 Å². The topological polar surface area (TPSA) is 67.2 Å². The lowest BCUT2D eigenvalue weighted by Gasteiger charge is -2.33. The van der Waals surface area contributed by atoms with Crippen LogP contribution in [0.3, 0.4) is 0 Å². The van der Waals surface area contributed by atoms with Gasteiger partial charge in [0.15, 0.2) is 5.84 Å². The van der Waals surface area contributed by atoms with E-state index in [1.807, 2.05) is 57.3 Å². The van der Waals surface area contributed by atoms with E-state index in [1.54, 1.807) is 0 Å². The van der Waals surface area contributed by atoms with Crippen molar-refractivity contribution in [1.29, 1.82) is 0 Å². The first kappa shape index (κ1) is 20.0. The molecule has 0 saturated heterocycles. The molecule has 1 saturated carbocycles. The first-order chi connectivity index (χ1) is 13.6. The number of ether oxygens (including phenoxy) is 2. The summed E-state index contributed by atoms with van der Waals surface area (Å²) in [7, 11) is 1.98. The molecule has 28 heavy (non-hydrogen) atoms. The molecule has 0 spiro atoms. The van der Waals surface area contributed by atoms with Gasteiger partial charge in [0.2, 0.25) is 5.88 Å². The van der Waals surface area contributed by atoms with Gasteiger partial charge in [-0.3, -0.25) is 0 Å². The van der Waals surface area contributed by atoms with Gasteiger partial charge in [0.05, 0.1) is 12.2 Å². The van der Waals surface area contributed by atoms with Crippen LogP contribution in [0.25, 0.3) is 0 Å². The van der Waals surface area contributed by atoms with Gasteiger partial charge in [-0.15, -0.1) is 0 Å². The number of oxime groups is 1. The van der Waals surface area contributed by atoms with Crippen molar-refractivity contribution in [2.24, 2.45) is 5.16 Å². The Hall–Kier alpha value is -2.76. The highest BCUT2D eigenvalue weighted by Gasteiger charge is 2.25. The van der Waals surface area contributed by atoms with Crippen LogP contribution in [0.1, 0.15) is 50.3 Å². The van der Waals surface area contributed by atoms with Crippen LogP contribution in [-0.4, -0.2) is 40.6 Å². The zero-order chi connectivity index (χ0) is 19.9. The van der Waals surface area contributed by atoms with Gasteiger partial charge in [0.1, 0.15) is 11.5 Å². The molecule has 1 fully saturated rings. The summed E-state index contributed by atoms with van der Waals surface area (Å²) in [5.41, 5.74) is 1.51. The summed E-state index contributed by atoms with van der Waals surface area (Å²) in [5.74, 6) is 2.36. The maximum atomic E-state index is 9.78. The van der Waals surface area contributed by atoms with E-state index >= 15 is 0 Å². The number of aryl methyl sites for hydroxylation is 1. The third-order valence-electron chi connectivity index (χ3n) is 5.14. The molecule has 2 aromatic rings. The lowest BCUT2D eigenvalue weighted by Crippen LogP contribution is -2.39. The second-order valence-electron chi connectivity index (χ2n) is 7.14. The summed E-state index contributed by atoms with van der Waals surface area (Å²) in [6.07, 6.45) is 5.88. The minimum absolute atomic E-state index is 0.360. The van der Waals surface area contributed by atoms with E-state index in [0.717, 1.165) is 24.3 Å². The molecule has 6 nitrogen and oxygen atoms in total. The predicted octanol–water partition coefficient (Wildman–Crippen LogP) is 4.98. The molecule has 1 aliphatic rings. The quantitative estimate of drug-likeness (QED) is 0.330. The summed E-state index contributed by atoms with van der Waals surface area (Å²) in [4.78, 5) is 6.60. The SMILES string of the molecule is CCOc1ccc(Oc2nc(C)ccc2/C(=N/O)N(C)C2CCCCC2)cc1. The van der Waals surface area contributed by atoms with E-state index in [9.17, 15) is 5.21 Å². The number of pyridine rings is 1. The van der Waals surface area contributed by atoms with E-state index in [0.29, 0.717) is 35.7 Å². The summed E-state index contributed by atoms with van der Waals surface area (Å²) in [6, 6.07) is 11.6. The first-order valence-corrected chi connectivity index (χ1v) is 9.96. The number of amidine groups is 1. The van der Waals surface area contributed by atoms with E-state index < -0.39 is 0 Å². The molecule has 0 bridgehead atoms. The van der Waals surface area contributed by atoms with E-state index in [4.69, 9.17) is 9.47 Å². The van der Waals surface area contributed by atoms with Gasteiger partial charge in [-0.1, -0.05) is 24.4 Å². The van der Waals surface area contributed by atoms with Crippen molar-refractivity contribution >= 4 is 5.84 Å². The lowest BCUT2D eigenvalue weighted by molar-refractivity contribution is 0.256. The highest BCUT2D eigenvalue weighted by Crippen LogP contribution is 2.29. The van der Waals surface area contributed by atoms with Gasteiger partial charge in [0.25, 0.3) is 0 Å². The highest BCUT2D eigenvalue weighted by atomic mass is 16.5. The Morgan fingerprint density at radius 3 is 2.43 bits per heavy atom. The molecule has 1 N–H and O–H groups in total. The van der Waals surface area contributed by atoms with Gasteiger partial charge in [-0.2, -0.15) is 0 Å². The molecule has 3 rings (SSSR count). The van der Waals surface area contributed by atoms with Gasteiger partial charge >= 0.3 is 0 Å². The van der Waals surface area contributed by atoms with Crippen molar-refractivity contribution < 1.29 is 14.7 Å². The Balaban J connectivity index is 1.86. The van der Waals surface area contributed by atoms with E-state index in [1.165, 1.54) is 19.3 Å². The first-order valence-electron chi connectivity index (χ1n) is 9.96. The highest BCUT2D eigenvalue weighted by molar-refractivity contribution is 6.00. The van der Waals surface area contributed by atoms with Crippen LogP contribution >= 0.6 is 0 Å². The van der Waals surface area contributed by atoms with E-state index in [-0.39, 0.29) is 0 Å². The van der Waals surface area contributed by atoms with Gasteiger partial charge in [-0.25, -0.2) is 4.98 Å². The molecule has 0 atom stereocenters. The van der Waals surface area contributed by atoms with Crippen LogP contribution in [0.5, 0.6) is 17.4 Å². The second-order valence-corrected chi connectivity index (χ2v) is 7.14. The largest absolute Gasteiger partial charge is 0.494 e. The third-order valence-corrected chi connectivity index (χ3v) is 5.14. The van der Waals surface area contributed by atoms with Crippen LogP contribution < -0.4 is 9.47 Å². The summed E-state index contributed by atoms with van der Waals surface area (Å²) in [6.45, 7) is 4.48. The maximum Gasteiger partial charge on any atom is 0.230 e. The van der Waals surface area contributed by atoms with Crippen LogP contribution in [0.2, 0.25) is 0 Å². The second kappa shape index (κ2) is 9.44. The Kier molecular flexibility index (Phi) is 6.74. The maximum absolute atomic E-state index is 9.78. The molecule has 0 aliphatic heterocycles. The lowest BCUT2D eigenvalue weighted by atomic mass is 9.94. The van der Waals surface area contributed by atoms with Gasteiger partial charge in [-0.05, 0) is 63.1 Å². The van der Waals surface area contributed by atoms with Crippen LogP contribution in [0.15, 0.2) is 41.6 Å². The van der Waals surface area contributed by atoms with Crippen molar-refractivity contribution in [2.75, 3.05) is 13.7 Å². The number of aromatic nitrogens is 1. The molecule has 1 aliphatic carbocycles. The summed E-state index contributed by atoms with van der Waals surface area (Å²) in [5, 5.41) is 13.4. The Morgan fingerprint density at radius 2 is 1.79 bits per heavy atom. The van der Waals surface area contributed by atoms with Crippen molar-refractivity contribution in [3.63, 3.8) is 0 Å². The Morgan fingerprint density at radius 1 is 1.11 bits per heavy atom. The predicted molar refractivity (Wildman–Crippen MR) is 110 cm³/mol. The smallest absolute Gasteiger partial charge is 0.230 e.